The first-order chi connectivity index (χ1) is 12.7. The number of aromatic amines is 1. The van der Waals surface area contributed by atoms with Gasteiger partial charge in [-0.05, 0) is 17.7 Å². The molecule has 138 valence electrons. The van der Waals surface area contributed by atoms with Crippen LogP contribution < -0.4 is 5.73 Å². The van der Waals surface area contributed by atoms with E-state index < -0.39 is 5.41 Å². The Kier molecular flexibility index (Phi) is 4.94. The van der Waals surface area contributed by atoms with Gasteiger partial charge >= 0.3 is 0 Å². The number of halogens is 1. The number of benzene rings is 2. The molecule has 0 aliphatic rings. The fourth-order valence-corrected chi connectivity index (χ4v) is 3.07. The molecule has 3 N–H and O–H groups in total. The molecule has 1 aromatic heterocycles. The Hall–Kier alpha value is -2.85. The average Bonchev–Trinajstić information content (AvgIpc) is 2.98. The van der Waals surface area contributed by atoms with E-state index in [0.29, 0.717) is 33.0 Å². The lowest BCUT2D eigenvalue weighted by Crippen LogP contribution is -2.21. The molecule has 0 aliphatic carbocycles. The van der Waals surface area contributed by atoms with Gasteiger partial charge in [0.25, 0.3) is 0 Å². The summed E-state index contributed by atoms with van der Waals surface area (Å²) in [6, 6.07) is 15.9. The molecule has 27 heavy (non-hydrogen) atoms. The first-order valence-corrected chi connectivity index (χ1v) is 9.00. The molecule has 0 bridgehead atoms. The van der Waals surface area contributed by atoms with Crippen LogP contribution in [0.5, 0.6) is 0 Å². The van der Waals surface area contributed by atoms with Gasteiger partial charge in [-0.2, -0.15) is 0 Å². The van der Waals surface area contributed by atoms with E-state index in [0.717, 1.165) is 0 Å². The molecule has 0 fully saturated rings. The number of carbonyl (C=O) groups is 2. The zero-order valence-corrected chi connectivity index (χ0v) is 16.2. The minimum absolute atomic E-state index is 0.131. The molecule has 0 saturated carbocycles. The average molecular weight is 381 g/mol. The largest absolute Gasteiger partial charge is 0.385 e. The Morgan fingerprint density at radius 2 is 1.56 bits per heavy atom. The summed E-state index contributed by atoms with van der Waals surface area (Å²) in [6.07, 6.45) is 0. The zero-order chi connectivity index (χ0) is 19.8. The van der Waals surface area contributed by atoms with Crippen molar-refractivity contribution in [1.82, 2.24) is 4.98 Å². The topological polar surface area (TPSA) is 76.0 Å². The van der Waals surface area contributed by atoms with Crippen LogP contribution in [0.2, 0.25) is 5.02 Å². The van der Waals surface area contributed by atoms with Gasteiger partial charge in [0, 0.05) is 21.6 Å². The van der Waals surface area contributed by atoms with Gasteiger partial charge in [0.2, 0.25) is 5.78 Å². The predicted molar refractivity (Wildman–Crippen MR) is 109 cm³/mol. The Bertz CT molecular complexity index is 997. The van der Waals surface area contributed by atoms with Crippen molar-refractivity contribution in [2.75, 3.05) is 5.73 Å². The van der Waals surface area contributed by atoms with Crippen molar-refractivity contribution < 1.29 is 9.59 Å². The predicted octanol–water partition coefficient (Wildman–Crippen LogP) is 5.38. The quantitative estimate of drug-likeness (QED) is 0.597. The number of rotatable bonds is 4. The number of Topliss-reactive ketones (excluding diaryl/α,β-unsaturated/α-hetero) is 1. The molecule has 0 unspecified atom stereocenters. The maximum Gasteiger partial charge on any atom is 0.209 e. The Balaban J connectivity index is 2.27. The number of aromatic nitrogens is 1. The second-order valence-corrected chi connectivity index (χ2v) is 7.88. The maximum absolute atomic E-state index is 13.1. The lowest BCUT2D eigenvalue weighted by Gasteiger charge is -2.18. The van der Waals surface area contributed by atoms with Crippen LogP contribution in [0.25, 0.3) is 11.1 Å². The number of nitrogen functional groups attached to an aromatic ring is 1. The Morgan fingerprint density at radius 3 is 2.11 bits per heavy atom. The van der Waals surface area contributed by atoms with E-state index in [-0.39, 0.29) is 17.4 Å². The van der Waals surface area contributed by atoms with Crippen LogP contribution in [0.15, 0.2) is 54.6 Å². The van der Waals surface area contributed by atoms with E-state index in [1.165, 1.54) is 0 Å². The number of H-pyrrole nitrogens is 1. The highest BCUT2D eigenvalue weighted by atomic mass is 35.5. The Labute approximate surface area is 163 Å². The molecule has 2 aromatic carbocycles. The number of hydrogen-bond acceptors (Lipinski definition) is 3. The fourth-order valence-electron chi connectivity index (χ4n) is 2.94. The highest BCUT2D eigenvalue weighted by molar-refractivity contribution is 6.30. The molecule has 0 radical (unpaired) electrons. The molecule has 0 aliphatic heterocycles. The molecule has 5 heteroatoms. The molecule has 0 amide bonds. The lowest BCUT2D eigenvalue weighted by molar-refractivity contribution is 0.0860. The van der Waals surface area contributed by atoms with Crippen LogP contribution in [0, 0.1) is 5.41 Å². The highest BCUT2D eigenvalue weighted by Crippen LogP contribution is 2.37. The summed E-state index contributed by atoms with van der Waals surface area (Å²) >= 11 is 6.01. The first kappa shape index (κ1) is 18.9. The molecule has 3 aromatic rings. The van der Waals surface area contributed by atoms with Gasteiger partial charge in [-0.15, -0.1) is 0 Å². The molecular weight excluding hydrogens is 360 g/mol. The SMILES string of the molecule is CC(C)(C)C(=O)c1c(N)[nH]c(C(=O)c2ccccc2)c1-c1ccc(Cl)cc1. The maximum atomic E-state index is 13.1. The number of hydrogen-bond donors (Lipinski definition) is 2. The first-order valence-electron chi connectivity index (χ1n) is 8.62. The standard InChI is InChI=1S/C22H21ClN2O2/c1-22(2,3)20(27)17-16(13-9-11-15(23)12-10-13)18(25-21(17)24)19(26)14-7-5-4-6-8-14/h4-12,25H,24H2,1-3H3. The Morgan fingerprint density at radius 1 is 0.963 bits per heavy atom. The van der Waals surface area contributed by atoms with Gasteiger partial charge in [-0.1, -0.05) is 74.8 Å². The van der Waals surface area contributed by atoms with Crippen LogP contribution in [0.4, 0.5) is 5.82 Å². The van der Waals surface area contributed by atoms with Crippen LogP contribution in [-0.4, -0.2) is 16.6 Å². The highest BCUT2D eigenvalue weighted by Gasteiger charge is 2.32. The minimum atomic E-state index is -0.648. The van der Waals surface area contributed by atoms with E-state index in [2.05, 4.69) is 4.98 Å². The van der Waals surface area contributed by atoms with E-state index in [1.807, 2.05) is 26.8 Å². The second kappa shape index (κ2) is 7.05. The van der Waals surface area contributed by atoms with Crippen molar-refractivity contribution >= 4 is 29.0 Å². The van der Waals surface area contributed by atoms with Crippen molar-refractivity contribution in [3.8, 4) is 11.1 Å². The van der Waals surface area contributed by atoms with Gasteiger partial charge in [-0.3, -0.25) is 9.59 Å². The molecule has 0 atom stereocenters. The third-order valence-electron chi connectivity index (χ3n) is 4.33. The number of nitrogens with two attached hydrogens (primary N) is 1. The summed E-state index contributed by atoms with van der Waals surface area (Å²) in [7, 11) is 0. The number of nitrogens with one attached hydrogen (secondary N) is 1. The van der Waals surface area contributed by atoms with E-state index in [9.17, 15) is 9.59 Å². The van der Waals surface area contributed by atoms with Gasteiger partial charge in [0.05, 0.1) is 11.3 Å². The van der Waals surface area contributed by atoms with Crippen LogP contribution >= 0.6 is 11.6 Å². The van der Waals surface area contributed by atoms with Crippen LogP contribution in [0.3, 0.4) is 0 Å². The molecule has 4 nitrogen and oxygen atoms in total. The molecule has 0 spiro atoms. The lowest BCUT2D eigenvalue weighted by atomic mass is 9.83. The summed E-state index contributed by atoms with van der Waals surface area (Å²) in [5, 5.41) is 0.571. The summed E-state index contributed by atoms with van der Waals surface area (Å²) < 4.78 is 0. The minimum Gasteiger partial charge on any atom is -0.385 e. The van der Waals surface area contributed by atoms with Gasteiger partial charge in [0.15, 0.2) is 5.78 Å². The van der Waals surface area contributed by atoms with Crippen molar-refractivity contribution in [3.63, 3.8) is 0 Å². The van der Waals surface area contributed by atoms with E-state index in [4.69, 9.17) is 17.3 Å². The van der Waals surface area contributed by atoms with Crippen LogP contribution in [-0.2, 0) is 0 Å². The van der Waals surface area contributed by atoms with E-state index in [1.54, 1.807) is 48.5 Å². The summed E-state index contributed by atoms with van der Waals surface area (Å²) in [6.45, 7) is 5.48. The van der Waals surface area contributed by atoms with Gasteiger partial charge in [0.1, 0.15) is 5.82 Å². The van der Waals surface area contributed by atoms with Gasteiger partial charge < -0.3 is 10.7 Å². The molecule has 3 rings (SSSR count). The van der Waals surface area contributed by atoms with Crippen molar-refractivity contribution in [3.05, 3.63) is 76.4 Å². The smallest absolute Gasteiger partial charge is 0.209 e. The van der Waals surface area contributed by atoms with E-state index >= 15 is 0 Å². The molecule has 0 saturated heterocycles. The van der Waals surface area contributed by atoms with Crippen molar-refractivity contribution in [2.45, 2.75) is 20.8 Å². The second-order valence-electron chi connectivity index (χ2n) is 7.44. The summed E-state index contributed by atoms with van der Waals surface area (Å²) in [5.74, 6) is -0.160. The number of anilines is 1. The third-order valence-corrected chi connectivity index (χ3v) is 4.59. The van der Waals surface area contributed by atoms with Gasteiger partial charge in [-0.25, -0.2) is 0 Å². The number of ketones is 2. The normalized spacial score (nSPS) is 11.4. The zero-order valence-electron chi connectivity index (χ0n) is 15.5. The summed E-state index contributed by atoms with van der Waals surface area (Å²) in [4.78, 5) is 29.2. The van der Waals surface area contributed by atoms with Crippen LogP contribution in [0.1, 0.15) is 47.2 Å². The summed E-state index contributed by atoms with van der Waals surface area (Å²) in [5.41, 5.74) is 7.89. The fraction of sp³-hybridized carbons (Fsp3) is 0.182. The molecule has 1 heterocycles. The number of carbonyl (C=O) groups excluding carboxylic acids is 2. The third kappa shape index (κ3) is 3.67. The molecular formula is C22H21ClN2O2. The van der Waals surface area contributed by atoms with Crippen molar-refractivity contribution in [2.24, 2.45) is 5.41 Å². The van der Waals surface area contributed by atoms with Crippen molar-refractivity contribution in [1.29, 1.82) is 0 Å². The monoisotopic (exact) mass is 380 g/mol.